The van der Waals surface area contributed by atoms with Crippen LogP contribution in [-0.2, 0) is 6.42 Å². The molecule has 0 radical (unpaired) electrons. The Hall–Kier alpha value is -0.890. The van der Waals surface area contributed by atoms with E-state index in [1.54, 1.807) is 0 Å². The van der Waals surface area contributed by atoms with Crippen LogP contribution >= 0.6 is 0 Å². The summed E-state index contributed by atoms with van der Waals surface area (Å²) in [6.07, 6.45) is 11.4. The smallest absolute Gasteiger partial charge is 0.0299 e. The molecule has 1 aromatic heterocycles. The number of rotatable bonds is 2. The molecule has 82 valence electrons. The van der Waals surface area contributed by atoms with Crippen molar-refractivity contribution in [2.45, 2.75) is 44.6 Å². The van der Waals surface area contributed by atoms with E-state index in [0.717, 1.165) is 12.3 Å². The fraction of sp³-hybridized carbons (Fsp3) is 0.615. The van der Waals surface area contributed by atoms with Crippen molar-refractivity contribution in [3.63, 3.8) is 0 Å². The molecule has 0 saturated heterocycles. The zero-order chi connectivity index (χ0) is 10.5. The highest BCUT2D eigenvalue weighted by molar-refractivity contribution is 5.09. The van der Waals surface area contributed by atoms with Gasteiger partial charge in [0.1, 0.15) is 0 Å². The van der Waals surface area contributed by atoms with Gasteiger partial charge in [0, 0.05) is 18.4 Å². The van der Waals surface area contributed by atoms with E-state index in [1.165, 1.54) is 37.7 Å². The van der Waals surface area contributed by atoms with Gasteiger partial charge in [0.2, 0.25) is 0 Å². The topological polar surface area (TPSA) is 38.9 Å². The Morgan fingerprint density at radius 3 is 3.00 bits per heavy atom. The van der Waals surface area contributed by atoms with Crippen molar-refractivity contribution < 1.29 is 0 Å². The van der Waals surface area contributed by atoms with E-state index in [2.05, 4.69) is 11.1 Å². The molecular formula is C13H20N2. The highest BCUT2D eigenvalue weighted by Crippen LogP contribution is 2.25. The molecule has 0 aliphatic heterocycles. The molecular weight excluding hydrogens is 184 g/mol. The molecule has 2 nitrogen and oxygen atoms in total. The minimum atomic E-state index is 0.425. The number of nitrogens with two attached hydrogens (primary N) is 1. The summed E-state index contributed by atoms with van der Waals surface area (Å²) in [5.41, 5.74) is 7.42. The third kappa shape index (κ3) is 3.31. The SMILES string of the molecule is NC1CCCCC(Cc2cccnc2)C1. The summed E-state index contributed by atoms with van der Waals surface area (Å²) in [5.74, 6) is 0.770. The van der Waals surface area contributed by atoms with Gasteiger partial charge in [-0.15, -0.1) is 0 Å². The first-order chi connectivity index (χ1) is 7.34. The van der Waals surface area contributed by atoms with E-state index in [4.69, 9.17) is 5.73 Å². The van der Waals surface area contributed by atoms with Crippen LogP contribution in [0.1, 0.15) is 37.7 Å². The Morgan fingerprint density at radius 1 is 1.33 bits per heavy atom. The standard InChI is InChI=1S/C13H20N2/c14-13-6-2-1-4-11(9-13)8-12-5-3-7-15-10-12/h3,5,7,10-11,13H,1-2,4,6,8-9,14H2. The number of pyridine rings is 1. The predicted octanol–water partition coefficient (Wildman–Crippen LogP) is 2.53. The zero-order valence-electron chi connectivity index (χ0n) is 9.23. The van der Waals surface area contributed by atoms with E-state index in [0.29, 0.717) is 6.04 Å². The summed E-state index contributed by atoms with van der Waals surface area (Å²) in [6, 6.07) is 4.62. The van der Waals surface area contributed by atoms with Gasteiger partial charge in [-0.05, 0) is 36.8 Å². The third-order valence-electron chi connectivity index (χ3n) is 3.32. The minimum Gasteiger partial charge on any atom is -0.328 e. The van der Waals surface area contributed by atoms with Crippen LogP contribution in [0.2, 0.25) is 0 Å². The molecule has 2 unspecified atom stereocenters. The summed E-state index contributed by atoms with van der Waals surface area (Å²) in [7, 11) is 0. The summed E-state index contributed by atoms with van der Waals surface area (Å²) < 4.78 is 0. The molecule has 1 heterocycles. The Morgan fingerprint density at radius 2 is 2.20 bits per heavy atom. The van der Waals surface area contributed by atoms with Crippen LogP contribution in [-0.4, -0.2) is 11.0 Å². The van der Waals surface area contributed by atoms with Crippen molar-refractivity contribution in [1.82, 2.24) is 4.98 Å². The van der Waals surface area contributed by atoms with Gasteiger partial charge in [0.05, 0.1) is 0 Å². The molecule has 1 fully saturated rings. The van der Waals surface area contributed by atoms with Gasteiger partial charge in [-0.25, -0.2) is 0 Å². The second kappa shape index (κ2) is 5.26. The maximum atomic E-state index is 6.06. The molecule has 1 aromatic rings. The molecule has 1 saturated carbocycles. The molecule has 15 heavy (non-hydrogen) atoms. The summed E-state index contributed by atoms with van der Waals surface area (Å²) >= 11 is 0. The van der Waals surface area contributed by atoms with Crippen LogP contribution in [0.3, 0.4) is 0 Å². The van der Waals surface area contributed by atoms with Crippen molar-refractivity contribution in [2.24, 2.45) is 11.7 Å². The van der Waals surface area contributed by atoms with Crippen molar-refractivity contribution >= 4 is 0 Å². The van der Waals surface area contributed by atoms with Gasteiger partial charge < -0.3 is 5.73 Å². The monoisotopic (exact) mass is 204 g/mol. The average molecular weight is 204 g/mol. The molecule has 0 bridgehead atoms. The van der Waals surface area contributed by atoms with E-state index in [9.17, 15) is 0 Å². The van der Waals surface area contributed by atoms with Crippen LogP contribution in [0.5, 0.6) is 0 Å². The number of aromatic nitrogens is 1. The predicted molar refractivity (Wildman–Crippen MR) is 62.5 cm³/mol. The van der Waals surface area contributed by atoms with Crippen LogP contribution in [0.4, 0.5) is 0 Å². The van der Waals surface area contributed by atoms with Gasteiger partial charge in [-0.3, -0.25) is 4.98 Å². The first-order valence-electron chi connectivity index (χ1n) is 5.99. The summed E-state index contributed by atoms with van der Waals surface area (Å²) in [4.78, 5) is 4.16. The molecule has 2 rings (SSSR count). The Kier molecular flexibility index (Phi) is 3.73. The van der Waals surface area contributed by atoms with E-state index >= 15 is 0 Å². The molecule has 1 aliphatic carbocycles. The lowest BCUT2D eigenvalue weighted by molar-refractivity contribution is 0.430. The lowest BCUT2D eigenvalue weighted by atomic mass is 9.92. The largest absolute Gasteiger partial charge is 0.328 e. The van der Waals surface area contributed by atoms with Gasteiger partial charge in [-0.1, -0.05) is 25.3 Å². The number of nitrogens with zero attached hydrogens (tertiary/aromatic N) is 1. The average Bonchev–Trinajstić information content (AvgIpc) is 2.44. The number of hydrogen-bond donors (Lipinski definition) is 1. The van der Waals surface area contributed by atoms with Crippen LogP contribution in [0, 0.1) is 5.92 Å². The summed E-state index contributed by atoms with van der Waals surface area (Å²) in [5, 5.41) is 0. The second-order valence-corrected chi connectivity index (χ2v) is 4.71. The van der Waals surface area contributed by atoms with Gasteiger partial charge in [0.25, 0.3) is 0 Å². The maximum Gasteiger partial charge on any atom is 0.0299 e. The molecule has 0 aromatic carbocycles. The quantitative estimate of drug-likeness (QED) is 0.752. The van der Waals surface area contributed by atoms with Crippen LogP contribution < -0.4 is 5.73 Å². The Bertz CT molecular complexity index is 284. The second-order valence-electron chi connectivity index (χ2n) is 4.71. The molecule has 0 amide bonds. The fourth-order valence-corrected chi connectivity index (χ4v) is 2.54. The van der Waals surface area contributed by atoms with E-state index < -0.39 is 0 Å². The lowest BCUT2D eigenvalue weighted by Crippen LogP contribution is -2.22. The molecule has 2 N–H and O–H groups in total. The van der Waals surface area contributed by atoms with E-state index in [1.807, 2.05) is 18.5 Å². The normalized spacial score (nSPS) is 27.3. The molecule has 2 atom stereocenters. The maximum absolute atomic E-state index is 6.06. The van der Waals surface area contributed by atoms with Crippen molar-refractivity contribution in [2.75, 3.05) is 0 Å². The molecule has 2 heteroatoms. The third-order valence-corrected chi connectivity index (χ3v) is 3.32. The number of hydrogen-bond acceptors (Lipinski definition) is 2. The molecule has 0 spiro atoms. The first-order valence-corrected chi connectivity index (χ1v) is 5.99. The Balaban J connectivity index is 1.93. The van der Waals surface area contributed by atoms with Crippen molar-refractivity contribution in [1.29, 1.82) is 0 Å². The van der Waals surface area contributed by atoms with Crippen LogP contribution in [0.25, 0.3) is 0 Å². The van der Waals surface area contributed by atoms with Crippen LogP contribution in [0.15, 0.2) is 24.5 Å². The fourth-order valence-electron chi connectivity index (χ4n) is 2.54. The highest BCUT2D eigenvalue weighted by atomic mass is 14.6. The minimum absolute atomic E-state index is 0.425. The molecule has 1 aliphatic rings. The van der Waals surface area contributed by atoms with Gasteiger partial charge >= 0.3 is 0 Å². The van der Waals surface area contributed by atoms with Crippen molar-refractivity contribution in [3.8, 4) is 0 Å². The lowest BCUT2D eigenvalue weighted by Gasteiger charge is -2.16. The van der Waals surface area contributed by atoms with E-state index in [-0.39, 0.29) is 0 Å². The van der Waals surface area contributed by atoms with Crippen molar-refractivity contribution in [3.05, 3.63) is 30.1 Å². The highest BCUT2D eigenvalue weighted by Gasteiger charge is 2.17. The summed E-state index contributed by atoms with van der Waals surface area (Å²) in [6.45, 7) is 0. The first kappa shape index (κ1) is 10.6. The van der Waals surface area contributed by atoms with Gasteiger partial charge in [0.15, 0.2) is 0 Å². The van der Waals surface area contributed by atoms with Gasteiger partial charge in [-0.2, -0.15) is 0 Å². The Labute approximate surface area is 91.9 Å². The zero-order valence-corrected chi connectivity index (χ0v) is 9.23.